The van der Waals surface area contributed by atoms with E-state index in [1.165, 1.54) is 18.9 Å². The van der Waals surface area contributed by atoms with Gasteiger partial charge in [0.15, 0.2) is 11.0 Å². The molecule has 0 aliphatic heterocycles. The maximum absolute atomic E-state index is 12.4. The molecule has 0 aliphatic carbocycles. The summed E-state index contributed by atoms with van der Waals surface area (Å²) in [4.78, 5) is 24.3. The van der Waals surface area contributed by atoms with Crippen molar-refractivity contribution >= 4 is 40.1 Å². The van der Waals surface area contributed by atoms with Crippen molar-refractivity contribution in [3.63, 3.8) is 0 Å². The minimum absolute atomic E-state index is 0.103. The van der Waals surface area contributed by atoms with Gasteiger partial charge in [0, 0.05) is 12.4 Å². The highest BCUT2D eigenvalue weighted by atomic mass is 32.2. The number of benzene rings is 3. The van der Waals surface area contributed by atoms with Crippen LogP contribution in [-0.2, 0) is 23.2 Å². The third-order valence-corrected chi connectivity index (χ3v) is 5.99. The average molecular weight is 463 g/mol. The second-order valence-corrected chi connectivity index (χ2v) is 8.04. The highest BCUT2D eigenvalue weighted by Crippen LogP contribution is 2.26. The summed E-state index contributed by atoms with van der Waals surface area (Å²) in [5, 5.41) is 13.8. The number of ether oxygens (including phenoxy) is 2. The topological polar surface area (TPSA) is 95.3 Å². The highest BCUT2D eigenvalue weighted by Gasteiger charge is 2.16. The predicted molar refractivity (Wildman–Crippen MR) is 126 cm³/mol. The van der Waals surface area contributed by atoms with E-state index in [4.69, 9.17) is 9.47 Å². The largest absolute Gasteiger partial charge is 0.485 e. The summed E-state index contributed by atoms with van der Waals surface area (Å²) in [5.41, 5.74) is 0.696. The lowest BCUT2D eigenvalue weighted by molar-refractivity contribution is -0.113. The Balaban J connectivity index is 1.37. The van der Waals surface area contributed by atoms with Gasteiger partial charge in [0.25, 0.3) is 0 Å². The SMILES string of the molecule is COC(=O)c1ccccc1NC(=O)CSc1nnc(COc2cccc3ccccc23)n1C. The molecule has 4 aromatic rings. The van der Waals surface area contributed by atoms with E-state index in [-0.39, 0.29) is 18.3 Å². The number of nitrogens with zero attached hydrogens (tertiary/aromatic N) is 3. The number of anilines is 1. The van der Waals surface area contributed by atoms with Crippen molar-refractivity contribution in [1.82, 2.24) is 14.8 Å². The first-order valence-corrected chi connectivity index (χ1v) is 11.1. The third kappa shape index (κ3) is 5.15. The van der Waals surface area contributed by atoms with Crippen LogP contribution in [0.25, 0.3) is 10.8 Å². The number of methoxy groups -OCH3 is 1. The van der Waals surface area contributed by atoms with Gasteiger partial charge >= 0.3 is 5.97 Å². The summed E-state index contributed by atoms with van der Waals surface area (Å²) in [5.74, 6) is 0.734. The van der Waals surface area contributed by atoms with Crippen LogP contribution in [0.1, 0.15) is 16.2 Å². The highest BCUT2D eigenvalue weighted by molar-refractivity contribution is 7.99. The molecule has 8 nitrogen and oxygen atoms in total. The molecule has 0 radical (unpaired) electrons. The molecule has 168 valence electrons. The molecule has 0 saturated heterocycles. The van der Waals surface area contributed by atoms with Gasteiger partial charge in [0.1, 0.15) is 12.4 Å². The Hall–Kier alpha value is -3.85. The van der Waals surface area contributed by atoms with E-state index in [1.807, 2.05) is 49.5 Å². The van der Waals surface area contributed by atoms with Gasteiger partial charge in [-0.05, 0) is 23.6 Å². The quantitative estimate of drug-likeness (QED) is 0.312. The first-order chi connectivity index (χ1) is 16.1. The van der Waals surface area contributed by atoms with Crippen molar-refractivity contribution in [3.05, 3.63) is 78.1 Å². The Morgan fingerprint density at radius 1 is 1.00 bits per heavy atom. The van der Waals surface area contributed by atoms with Gasteiger partial charge in [0.2, 0.25) is 5.91 Å². The van der Waals surface area contributed by atoms with Gasteiger partial charge < -0.3 is 19.4 Å². The summed E-state index contributed by atoms with van der Waals surface area (Å²) < 4.78 is 12.5. The molecule has 0 saturated carbocycles. The van der Waals surface area contributed by atoms with Crippen molar-refractivity contribution in [2.24, 2.45) is 7.05 Å². The molecule has 0 spiro atoms. The summed E-state index contributed by atoms with van der Waals surface area (Å²) in [6.45, 7) is 0.247. The number of aromatic nitrogens is 3. The Morgan fingerprint density at radius 2 is 1.76 bits per heavy atom. The number of nitrogens with one attached hydrogen (secondary N) is 1. The fourth-order valence-electron chi connectivity index (χ4n) is 3.26. The van der Waals surface area contributed by atoms with Crippen molar-refractivity contribution < 1.29 is 19.1 Å². The molecular formula is C24H22N4O4S. The Bertz CT molecular complexity index is 1300. The van der Waals surface area contributed by atoms with Crippen LogP contribution in [0.2, 0.25) is 0 Å². The van der Waals surface area contributed by atoms with Crippen LogP contribution in [0.15, 0.2) is 71.9 Å². The molecule has 0 aliphatic rings. The van der Waals surface area contributed by atoms with Crippen LogP contribution in [-0.4, -0.2) is 39.5 Å². The van der Waals surface area contributed by atoms with Crippen LogP contribution in [0.3, 0.4) is 0 Å². The van der Waals surface area contributed by atoms with Crippen LogP contribution >= 0.6 is 11.8 Å². The zero-order chi connectivity index (χ0) is 23.2. The fraction of sp³-hybridized carbons (Fsp3) is 0.167. The molecule has 1 N–H and O–H groups in total. The molecule has 33 heavy (non-hydrogen) atoms. The number of hydrogen-bond acceptors (Lipinski definition) is 7. The Labute approximate surface area is 194 Å². The lowest BCUT2D eigenvalue weighted by Gasteiger charge is -2.10. The van der Waals surface area contributed by atoms with Crippen molar-refractivity contribution in [1.29, 1.82) is 0 Å². The van der Waals surface area contributed by atoms with E-state index in [1.54, 1.807) is 28.8 Å². The molecule has 9 heteroatoms. The summed E-state index contributed by atoms with van der Waals surface area (Å²) in [6.07, 6.45) is 0. The van der Waals surface area contributed by atoms with Crippen molar-refractivity contribution in [2.75, 3.05) is 18.2 Å². The van der Waals surface area contributed by atoms with Crippen LogP contribution in [0, 0.1) is 0 Å². The minimum Gasteiger partial charge on any atom is -0.485 e. The number of amides is 1. The van der Waals surface area contributed by atoms with E-state index in [2.05, 4.69) is 15.5 Å². The number of fused-ring (bicyclic) bond motifs is 1. The molecule has 0 atom stereocenters. The van der Waals surface area contributed by atoms with Gasteiger partial charge in [-0.25, -0.2) is 4.79 Å². The van der Waals surface area contributed by atoms with Gasteiger partial charge in [0.05, 0.1) is 24.1 Å². The first-order valence-electron chi connectivity index (χ1n) is 10.2. The van der Waals surface area contributed by atoms with E-state index in [0.29, 0.717) is 22.2 Å². The zero-order valence-electron chi connectivity index (χ0n) is 18.1. The lowest BCUT2D eigenvalue weighted by Crippen LogP contribution is -2.17. The zero-order valence-corrected chi connectivity index (χ0v) is 19.0. The second kappa shape index (κ2) is 10.2. The van der Waals surface area contributed by atoms with E-state index in [0.717, 1.165) is 16.5 Å². The van der Waals surface area contributed by atoms with Gasteiger partial charge in [-0.15, -0.1) is 10.2 Å². The molecular weight excluding hydrogens is 440 g/mol. The average Bonchev–Trinajstić information content (AvgIpc) is 3.20. The number of hydrogen-bond donors (Lipinski definition) is 1. The first kappa shape index (κ1) is 22.3. The monoisotopic (exact) mass is 462 g/mol. The van der Waals surface area contributed by atoms with Gasteiger partial charge in [-0.3, -0.25) is 4.79 Å². The maximum Gasteiger partial charge on any atom is 0.339 e. The summed E-state index contributed by atoms with van der Waals surface area (Å²) in [7, 11) is 3.13. The number of carbonyl (C=O) groups is 2. The standard InChI is InChI=1S/C24H22N4O4S/c1-28-21(14-32-20-13-7-9-16-8-3-4-10-17(16)20)26-27-24(28)33-15-22(29)25-19-12-6-5-11-18(19)23(30)31-2/h3-13H,14-15H2,1-2H3,(H,25,29). The van der Waals surface area contributed by atoms with Crippen LogP contribution < -0.4 is 10.1 Å². The lowest BCUT2D eigenvalue weighted by atomic mass is 10.1. The second-order valence-electron chi connectivity index (χ2n) is 7.10. The summed E-state index contributed by atoms with van der Waals surface area (Å²) >= 11 is 1.25. The van der Waals surface area contributed by atoms with E-state index < -0.39 is 5.97 Å². The number of carbonyl (C=O) groups excluding carboxylic acids is 2. The predicted octanol–water partition coefficient (Wildman–Crippen LogP) is 4.06. The molecule has 1 heterocycles. The van der Waals surface area contributed by atoms with Crippen molar-refractivity contribution in [3.8, 4) is 5.75 Å². The van der Waals surface area contributed by atoms with E-state index in [9.17, 15) is 9.59 Å². The normalized spacial score (nSPS) is 10.7. The van der Waals surface area contributed by atoms with Crippen LogP contribution in [0.4, 0.5) is 5.69 Å². The molecule has 4 rings (SSSR count). The maximum atomic E-state index is 12.4. The molecule has 0 unspecified atom stereocenters. The number of rotatable bonds is 8. The smallest absolute Gasteiger partial charge is 0.339 e. The molecule has 1 amide bonds. The number of para-hydroxylation sites is 1. The van der Waals surface area contributed by atoms with Gasteiger partial charge in [-0.2, -0.15) is 0 Å². The molecule has 3 aromatic carbocycles. The van der Waals surface area contributed by atoms with Gasteiger partial charge in [-0.1, -0.05) is 60.3 Å². The molecule has 1 aromatic heterocycles. The molecule has 0 bridgehead atoms. The van der Waals surface area contributed by atoms with E-state index >= 15 is 0 Å². The molecule has 0 fully saturated rings. The minimum atomic E-state index is -0.511. The Morgan fingerprint density at radius 3 is 2.61 bits per heavy atom. The summed E-state index contributed by atoms with van der Waals surface area (Å²) in [6, 6.07) is 20.6. The van der Waals surface area contributed by atoms with Crippen LogP contribution in [0.5, 0.6) is 5.75 Å². The number of esters is 1. The number of thioether (sulfide) groups is 1. The fourth-order valence-corrected chi connectivity index (χ4v) is 3.99. The Kier molecular flexibility index (Phi) is 6.89. The van der Waals surface area contributed by atoms with Crippen molar-refractivity contribution in [2.45, 2.75) is 11.8 Å². The third-order valence-electron chi connectivity index (χ3n) is 4.97.